The number of thiazole rings is 1. The lowest BCUT2D eigenvalue weighted by Crippen LogP contribution is -2.49. The summed E-state index contributed by atoms with van der Waals surface area (Å²) in [6, 6.07) is 17.6. The zero-order valence-corrected chi connectivity index (χ0v) is 25.8. The largest absolute Gasteiger partial charge is 0.493 e. The average Bonchev–Trinajstić information content (AvgIpc) is 3.52. The van der Waals surface area contributed by atoms with Gasteiger partial charge in [0.1, 0.15) is 16.5 Å². The molecular weight excluding hydrogens is 608 g/mol. The molecule has 1 aromatic heterocycles. The van der Waals surface area contributed by atoms with E-state index in [9.17, 15) is 22.4 Å². The Balaban J connectivity index is 1.23. The minimum atomic E-state index is -4.41. The molecule has 0 saturated carbocycles. The summed E-state index contributed by atoms with van der Waals surface area (Å²) in [5, 5.41) is 2.46. The molecule has 1 aliphatic rings. The lowest BCUT2D eigenvalue weighted by molar-refractivity contribution is -0.137. The molecule has 0 aliphatic carbocycles. The molecule has 1 saturated heterocycles. The van der Waals surface area contributed by atoms with E-state index in [1.165, 1.54) is 23.5 Å². The summed E-state index contributed by atoms with van der Waals surface area (Å²) in [5.74, 6) is 0.774. The second-order valence-corrected chi connectivity index (χ2v) is 11.6. The summed E-state index contributed by atoms with van der Waals surface area (Å²) >= 11 is 1.37. The van der Waals surface area contributed by atoms with Crippen molar-refractivity contribution in [2.75, 3.05) is 51.8 Å². The second-order valence-electron chi connectivity index (χ2n) is 10.7. The lowest BCUT2D eigenvalue weighted by Gasteiger charge is -2.36. The van der Waals surface area contributed by atoms with Gasteiger partial charge in [0.05, 0.1) is 26.3 Å². The fraction of sp³-hybridized carbons (Fsp3) is 0.333. The molecule has 1 amide bonds. The van der Waals surface area contributed by atoms with Crippen LogP contribution in [0.5, 0.6) is 11.5 Å². The molecule has 0 bridgehead atoms. The van der Waals surface area contributed by atoms with Gasteiger partial charge in [0.25, 0.3) is 5.91 Å². The SMILES string of the molecule is COc1ccc(CCN(Cc2nc(C(=O)N3CCN(c4cccc(C(F)(F)F)c4)CC3)cs2)Cc2ccccc2F)cc1OC. The molecular formula is C33H34F4N4O3S. The summed E-state index contributed by atoms with van der Waals surface area (Å²) in [7, 11) is 3.17. The van der Waals surface area contributed by atoms with Gasteiger partial charge in [0, 0.05) is 55.9 Å². The van der Waals surface area contributed by atoms with Crippen LogP contribution in [0.15, 0.2) is 72.1 Å². The zero-order valence-electron chi connectivity index (χ0n) is 25.0. The van der Waals surface area contributed by atoms with Crippen LogP contribution in [0, 0.1) is 5.82 Å². The van der Waals surface area contributed by atoms with Gasteiger partial charge in [-0.05, 0) is 48.4 Å². The molecule has 7 nitrogen and oxygen atoms in total. The van der Waals surface area contributed by atoms with Crippen molar-refractivity contribution in [3.05, 3.63) is 105 Å². The van der Waals surface area contributed by atoms with Crippen LogP contribution in [0.2, 0.25) is 0 Å². The first kappa shape index (κ1) is 32.2. The molecule has 5 rings (SSSR count). The third-order valence-corrected chi connectivity index (χ3v) is 8.59. The molecule has 0 unspecified atom stereocenters. The fourth-order valence-corrected chi connectivity index (χ4v) is 6.10. The second kappa shape index (κ2) is 14.3. The first-order valence-electron chi connectivity index (χ1n) is 14.5. The van der Waals surface area contributed by atoms with Crippen molar-refractivity contribution < 1.29 is 31.8 Å². The molecule has 2 heterocycles. The van der Waals surface area contributed by atoms with Gasteiger partial charge < -0.3 is 19.3 Å². The Hall–Kier alpha value is -4.16. The van der Waals surface area contributed by atoms with Crippen molar-refractivity contribution in [3.8, 4) is 11.5 Å². The molecule has 4 aromatic rings. The van der Waals surface area contributed by atoms with Crippen LogP contribution >= 0.6 is 11.3 Å². The molecule has 45 heavy (non-hydrogen) atoms. The van der Waals surface area contributed by atoms with E-state index in [0.717, 1.165) is 22.7 Å². The van der Waals surface area contributed by atoms with Crippen LogP contribution in [-0.2, 0) is 25.7 Å². The van der Waals surface area contributed by atoms with E-state index in [1.54, 1.807) is 48.8 Å². The zero-order chi connectivity index (χ0) is 32.0. The van der Waals surface area contributed by atoms with E-state index >= 15 is 0 Å². The van der Waals surface area contributed by atoms with Gasteiger partial charge in [-0.25, -0.2) is 9.37 Å². The first-order chi connectivity index (χ1) is 21.6. The predicted octanol–water partition coefficient (Wildman–Crippen LogP) is 6.53. The lowest BCUT2D eigenvalue weighted by atomic mass is 10.1. The van der Waals surface area contributed by atoms with E-state index in [1.807, 2.05) is 23.1 Å². The first-order valence-corrected chi connectivity index (χ1v) is 15.3. The maximum Gasteiger partial charge on any atom is 0.416 e. The normalized spacial score (nSPS) is 13.8. The smallest absolute Gasteiger partial charge is 0.416 e. The number of hydrogen-bond acceptors (Lipinski definition) is 7. The Morgan fingerprint density at radius 3 is 2.40 bits per heavy atom. The molecule has 1 fully saturated rings. The Labute approximate surface area is 263 Å². The standard InChI is InChI=1S/C33H34F4N4O3S/c1-43-29-11-10-23(18-30(29)44-2)12-13-39(20-24-6-3-4-9-27(24)34)21-31-38-28(22-45-31)32(42)41-16-14-40(15-17-41)26-8-5-7-25(19-26)33(35,36)37/h3-11,18-19,22H,12-17,20-21H2,1-2H3. The van der Waals surface area contributed by atoms with Crippen molar-refractivity contribution in [2.24, 2.45) is 0 Å². The van der Waals surface area contributed by atoms with E-state index in [-0.39, 0.29) is 11.7 Å². The van der Waals surface area contributed by atoms with Crippen LogP contribution in [-0.4, -0.2) is 67.6 Å². The summed E-state index contributed by atoms with van der Waals surface area (Å²) in [6.45, 7) is 2.94. The van der Waals surface area contributed by atoms with Gasteiger partial charge in [-0.1, -0.05) is 30.3 Å². The molecule has 12 heteroatoms. The number of benzene rings is 3. The maximum absolute atomic E-state index is 14.6. The highest BCUT2D eigenvalue weighted by Crippen LogP contribution is 2.32. The number of hydrogen-bond donors (Lipinski definition) is 0. The van der Waals surface area contributed by atoms with E-state index in [4.69, 9.17) is 9.47 Å². The Kier molecular flexibility index (Phi) is 10.2. The van der Waals surface area contributed by atoms with Crippen LogP contribution in [0.25, 0.3) is 0 Å². The summed E-state index contributed by atoms with van der Waals surface area (Å²) in [6.07, 6.45) is -3.74. The number of piperazine rings is 1. The highest BCUT2D eigenvalue weighted by Gasteiger charge is 2.31. The minimum Gasteiger partial charge on any atom is -0.493 e. The Morgan fingerprint density at radius 2 is 1.69 bits per heavy atom. The quantitative estimate of drug-likeness (QED) is 0.174. The number of alkyl halides is 3. The number of carbonyl (C=O) groups is 1. The van der Waals surface area contributed by atoms with E-state index in [0.29, 0.717) is 80.7 Å². The number of rotatable bonds is 11. The minimum absolute atomic E-state index is 0.216. The molecule has 1 aliphatic heterocycles. The van der Waals surface area contributed by atoms with E-state index in [2.05, 4.69) is 9.88 Å². The van der Waals surface area contributed by atoms with Gasteiger partial charge in [0.15, 0.2) is 11.5 Å². The van der Waals surface area contributed by atoms with Crippen LogP contribution in [0.1, 0.15) is 32.2 Å². The fourth-order valence-electron chi connectivity index (χ4n) is 5.29. The number of anilines is 1. The number of methoxy groups -OCH3 is 2. The predicted molar refractivity (Wildman–Crippen MR) is 165 cm³/mol. The molecule has 0 N–H and O–H groups in total. The number of ether oxygens (including phenoxy) is 2. The topological polar surface area (TPSA) is 58.1 Å². The molecule has 238 valence electrons. The molecule has 0 spiro atoms. The number of halogens is 4. The average molecular weight is 643 g/mol. The van der Waals surface area contributed by atoms with Crippen molar-refractivity contribution in [2.45, 2.75) is 25.7 Å². The molecule has 3 aromatic carbocycles. The summed E-state index contributed by atoms with van der Waals surface area (Å²) in [4.78, 5) is 23.6. The Bertz CT molecular complexity index is 1600. The summed E-state index contributed by atoms with van der Waals surface area (Å²) < 4.78 is 64.9. The number of amides is 1. The van der Waals surface area contributed by atoms with Gasteiger partial charge in [-0.15, -0.1) is 11.3 Å². The van der Waals surface area contributed by atoms with Crippen LogP contribution in [0.4, 0.5) is 23.2 Å². The Morgan fingerprint density at radius 1 is 0.933 bits per heavy atom. The molecule has 0 atom stereocenters. The van der Waals surface area contributed by atoms with E-state index < -0.39 is 11.7 Å². The monoisotopic (exact) mass is 642 g/mol. The van der Waals surface area contributed by atoms with Crippen molar-refractivity contribution in [1.82, 2.24) is 14.8 Å². The third kappa shape index (κ3) is 8.12. The number of nitrogens with zero attached hydrogens (tertiary/aromatic N) is 4. The van der Waals surface area contributed by atoms with Gasteiger partial charge >= 0.3 is 6.18 Å². The maximum atomic E-state index is 14.6. The summed E-state index contributed by atoms with van der Waals surface area (Å²) in [5.41, 5.74) is 1.72. The third-order valence-electron chi connectivity index (χ3n) is 7.75. The van der Waals surface area contributed by atoms with Gasteiger partial charge in [0.2, 0.25) is 0 Å². The van der Waals surface area contributed by atoms with Gasteiger partial charge in [-0.3, -0.25) is 9.69 Å². The van der Waals surface area contributed by atoms with Crippen molar-refractivity contribution in [1.29, 1.82) is 0 Å². The van der Waals surface area contributed by atoms with Crippen molar-refractivity contribution >= 4 is 22.9 Å². The van der Waals surface area contributed by atoms with Crippen LogP contribution < -0.4 is 14.4 Å². The van der Waals surface area contributed by atoms with Crippen molar-refractivity contribution in [3.63, 3.8) is 0 Å². The van der Waals surface area contributed by atoms with Crippen LogP contribution in [0.3, 0.4) is 0 Å². The highest BCUT2D eigenvalue weighted by atomic mass is 32.1. The van der Waals surface area contributed by atoms with Gasteiger partial charge in [-0.2, -0.15) is 13.2 Å². The number of carbonyl (C=O) groups excluding carboxylic acids is 1. The number of aromatic nitrogens is 1. The molecule has 0 radical (unpaired) electrons. The highest BCUT2D eigenvalue weighted by molar-refractivity contribution is 7.09.